The standard InChI is InChI=1S/C12H10O5/c1-15-7-3-4-10-8(5-7)9(12(14)16-2)6-11(13)17-10/h3-6H,1-2H3. The molecule has 0 aliphatic rings. The SMILES string of the molecule is COC(=O)c1cc(=O)oc2ccc(OC)cc12. The van der Waals surface area contributed by atoms with E-state index in [0.717, 1.165) is 6.07 Å². The average molecular weight is 234 g/mol. The Kier molecular flexibility index (Phi) is 2.82. The first-order chi connectivity index (χ1) is 8.15. The minimum absolute atomic E-state index is 0.164. The molecule has 2 aromatic rings. The van der Waals surface area contributed by atoms with Gasteiger partial charge in [-0.15, -0.1) is 0 Å². The molecule has 1 aromatic carbocycles. The van der Waals surface area contributed by atoms with Crippen molar-refractivity contribution in [1.29, 1.82) is 0 Å². The molecule has 0 bridgehead atoms. The summed E-state index contributed by atoms with van der Waals surface area (Å²) in [6.07, 6.45) is 0. The number of carbonyl (C=O) groups is 1. The normalized spacial score (nSPS) is 10.2. The van der Waals surface area contributed by atoms with Gasteiger partial charge in [0.1, 0.15) is 11.3 Å². The first-order valence-corrected chi connectivity index (χ1v) is 4.86. The largest absolute Gasteiger partial charge is 0.497 e. The van der Waals surface area contributed by atoms with Gasteiger partial charge in [0.15, 0.2) is 0 Å². The number of hydrogen-bond acceptors (Lipinski definition) is 5. The van der Waals surface area contributed by atoms with Crippen LogP contribution < -0.4 is 10.4 Å². The number of methoxy groups -OCH3 is 2. The van der Waals surface area contributed by atoms with Crippen molar-refractivity contribution < 1.29 is 18.7 Å². The molecular weight excluding hydrogens is 224 g/mol. The average Bonchev–Trinajstić information content (AvgIpc) is 2.36. The third kappa shape index (κ3) is 1.99. The molecule has 17 heavy (non-hydrogen) atoms. The number of carbonyl (C=O) groups excluding carboxylic acids is 1. The predicted molar refractivity (Wildman–Crippen MR) is 60.4 cm³/mol. The highest BCUT2D eigenvalue weighted by molar-refractivity contribution is 6.02. The lowest BCUT2D eigenvalue weighted by Crippen LogP contribution is -2.08. The summed E-state index contributed by atoms with van der Waals surface area (Å²) in [4.78, 5) is 22.8. The molecule has 0 unspecified atom stereocenters. The van der Waals surface area contributed by atoms with Crippen molar-refractivity contribution in [3.8, 4) is 5.75 Å². The van der Waals surface area contributed by atoms with E-state index in [2.05, 4.69) is 4.74 Å². The summed E-state index contributed by atoms with van der Waals surface area (Å²) in [5, 5.41) is 0.482. The Hall–Kier alpha value is -2.30. The zero-order valence-corrected chi connectivity index (χ0v) is 9.35. The van der Waals surface area contributed by atoms with Crippen molar-refractivity contribution >= 4 is 16.9 Å². The Bertz CT molecular complexity index is 626. The van der Waals surface area contributed by atoms with Gasteiger partial charge in [0.2, 0.25) is 0 Å². The van der Waals surface area contributed by atoms with Gasteiger partial charge in [-0.05, 0) is 18.2 Å². The zero-order chi connectivity index (χ0) is 12.4. The first-order valence-electron chi connectivity index (χ1n) is 4.86. The van der Waals surface area contributed by atoms with Gasteiger partial charge in [0.25, 0.3) is 0 Å². The minimum Gasteiger partial charge on any atom is -0.497 e. The number of benzene rings is 1. The highest BCUT2D eigenvalue weighted by Gasteiger charge is 2.14. The summed E-state index contributed by atoms with van der Waals surface area (Å²) >= 11 is 0. The van der Waals surface area contributed by atoms with E-state index >= 15 is 0 Å². The second kappa shape index (κ2) is 4.29. The van der Waals surface area contributed by atoms with Crippen LogP contribution in [-0.4, -0.2) is 20.2 Å². The molecule has 1 heterocycles. The molecule has 5 nitrogen and oxygen atoms in total. The van der Waals surface area contributed by atoms with Gasteiger partial charge in [-0.2, -0.15) is 0 Å². The van der Waals surface area contributed by atoms with Gasteiger partial charge >= 0.3 is 11.6 Å². The van der Waals surface area contributed by atoms with Crippen LogP contribution in [0.15, 0.2) is 33.5 Å². The van der Waals surface area contributed by atoms with Crippen LogP contribution >= 0.6 is 0 Å². The Labute approximate surface area is 96.6 Å². The number of hydrogen-bond donors (Lipinski definition) is 0. The van der Waals surface area contributed by atoms with E-state index in [1.807, 2.05) is 0 Å². The Balaban J connectivity index is 2.79. The van der Waals surface area contributed by atoms with E-state index in [1.54, 1.807) is 18.2 Å². The molecule has 88 valence electrons. The van der Waals surface area contributed by atoms with E-state index in [0.29, 0.717) is 16.7 Å². The first kappa shape index (κ1) is 11.2. The van der Waals surface area contributed by atoms with Crippen molar-refractivity contribution in [1.82, 2.24) is 0 Å². The summed E-state index contributed by atoms with van der Waals surface area (Å²) in [5.41, 5.74) is -0.112. The molecule has 0 spiro atoms. The molecule has 0 radical (unpaired) electrons. The lowest BCUT2D eigenvalue weighted by molar-refractivity contribution is 0.0602. The summed E-state index contributed by atoms with van der Waals surface area (Å²) in [7, 11) is 2.76. The second-order valence-electron chi connectivity index (χ2n) is 3.33. The maximum absolute atomic E-state index is 11.5. The van der Waals surface area contributed by atoms with Crippen LogP contribution in [0.25, 0.3) is 11.0 Å². The molecule has 0 aliphatic heterocycles. The maximum Gasteiger partial charge on any atom is 0.338 e. The van der Waals surface area contributed by atoms with Gasteiger partial charge in [-0.25, -0.2) is 9.59 Å². The fourth-order valence-electron chi connectivity index (χ4n) is 1.55. The molecule has 0 saturated heterocycles. The number of rotatable bonds is 2. The summed E-state index contributed by atoms with van der Waals surface area (Å²) < 4.78 is 14.6. The van der Waals surface area contributed by atoms with Crippen molar-refractivity contribution in [3.05, 3.63) is 40.2 Å². The van der Waals surface area contributed by atoms with Crippen LogP contribution in [-0.2, 0) is 4.74 Å². The van der Waals surface area contributed by atoms with Crippen molar-refractivity contribution in [2.24, 2.45) is 0 Å². The summed E-state index contributed by atoms with van der Waals surface area (Å²) in [6, 6.07) is 5.94. The Morgan fingerprint density at radius 2 is 2.00 bits per heavy atom. The molecule has 0 N–H and O–H groups in total. The van der Waals surface area contributed by atoms with Gasteiger partial charge in [-0.3, -0.25) is 0 Å². The molecule has 2 rings (SSSR count). The van der Waals surface area contributed by atoms with Crippen LogP contribution in [0.4, 0.5) is 0 Å². The lowest BCUT2D eigenvalue weighted by atomic mass is 10.1. The van der Waals surface area contributed by atoms with Gasteiger partial charge < -0.3 is 13.9 Å². The zero-order valence-electron chi connectivity index (χ0n) is 9.35. The van der Waals surface area contributed by atoms with Crippen LogP contribution in [0.3, 0.4) is 0 Å². The van der Waals surface area contributed by atoms with Gasteiger partial charge in [0, 0.05) is 11.5 Å². The molecule has 0 saturated carbocycles. The van der Waals surface area contributed by atoms with Crippen LogP contribution in [0.5, 0.6) is 5.75 Å². The van der Waals surface area contributed by atoms with Crippen LogP contribution in [0.2, 0.25) is 0 Å². The van der Waals surface area contributed by atoms with Gasteiger partial charge in [0.05, 0.1) is 19.8 Å². The van der Waals surface area contributed by atoms with E-state index in [9.17, 15) is 9.59 Å². The van der Waals surface area contributed by atoms with E-state index < -0.39 is 11.6 Å². The third-order valence-electron chi connectivity index (χ3n) is 2.35. The molecule has 1 aromatic heterocycles. The highest BCUT2D eigenvalue weighted by Crippen LogP contribution is 2.23. The summed E-state index contributed by atoms with van der Waals surface area (Å²) in [5.74, 6) is -0.0207. The lowest BCUT2D eigenvalue weighted by Gasteiger charge is -2.05. The van der Waals surface area contributed by atoms with Crippen LogP contribution in [0.1, 0.15) is 10.4 Å². The fraction of sp³-hybridized carbons (Fsp3) is 0.167. The summed E-state index contributed by atoms with van der Waals surface area (Å²) in [6.45, 7) is 0. The van der Waals surface area contributed by atoms with E-state index in [-0.39, 0.29) is 5.56 Å². The van der Waals surface area contributed by atoms with Crippen LogP contribution in [0, 0.1) is 0 Å². The van der Waals surface area contributed by atoms with Crippen molar-refractivity contribution in [3.63, 3.8) is 0 Å². The molecule has 0 atom stereocenters. The molecule has 0 aliphatic carbocycles. The van der Waals surface area contributed by atoms with E-state index in [1.165, 1.54) is 14.2 Å². The monoisotopic (exact) mass is 234 g/mol. The maximum atomic E-state index is 11.5. The van der Waals surface area contributed by atoms with Gasteiger partial charge in [-0.1, -0.05) is 0 Å². The van der Waals surface area contributed by atoms with E-state index in [4.69, 9.17) is 9.15 Å². The molecule has 0 fully saturated rings. The molecule has 5 heteroatoms. The third-order valence-corrected chi connectivity index (χ3v) is 2.35. The second-order valence-corrected chi connectivity index (χ2v) is 3.33. The smallest absolute Gasteiger partial charge is 0.338 e. The quantitative estimate of drug-likeness (QED) is 0.583. The van der Waals surface area contributed by atoms with Crippen molar-refractivity contribution in [2.45, 2.75) is 0 Å². The minimum atomic E-state index is -0.594. The number of ether oxygens (including phenoxy) is 2. The number of esters is 1. The topological polar surface area (TPSA) is 65.7 Å². The molecule has 0 amide bonds. The molecular formula is C12H10O5. The number of fused-ring (bicyclic) bond motifs is 1. The predicted octanol–water partition coefficient (Wildman–Crippen LogP) is 1.59. The Morgan fingerprint density at radius 3 is 2.65 bits per heavy atom. The Morgan fingerprint density at radius 1 is 1.24 bits per heavy atom. The fourth-order valence-corrected chi connectivity index (χ4v) is 1.55. The van der Waals surface area contributed by atoms with Crippen molar-refractivity contribution in [2.75, 3.05) is 14.2 Å². The highest BCUT2D eigenvalue weighted by atomic mass is 16.5.